The lowest BCUT2D eigenvalue weighted by Gasteiger charge is -2.18. The number of nitrogens with zero attached hydrogens (tertiary/aromatic N) is 2. The molecule has 0 bridgehead atoms. The van der Waals surface area contributed by atoms with Gasteiger partial charge in [-0.2, -0.15) is 0 Å². The molecule has 0 atom stereocenters. The fourth-order valence-corrected chi connectivity index (χ4v) is 2.41. The molecule has 7 heteroatoms. The van der Waals surface area contributed by atoms with Crippen molar-refractivity contribution in [2.75, 3.05) is 34.2 Å². The van der Waals surface area contributed by atoms with Gasteiger partial charge in [-0.1, -0.05) is 61.6 Å². The molecule has 0 unspecified atom stereocenters. The Hall–Kier alpha value is -2.51. The normalized spacial score (nSPS) is 8.34. The van der Waals surface area contributed by atoms with Gasteiger partial charge in [0.25, 0.3) is 5.56 Å². The highest BCUT2D eigenvalue weighted by Gasteiger charge is 2.09. The zero-order chi connectivity index (χ0) is 28.4. The monoisotopic (exact) mass is 508 g/mol. The van der Waals surface area contributed by atoms with E-state index in [1.807, 2.05) is 81.6 Å². The number of rotatable bonds is 7. The van der Waals surface area contributed by atoms with Crippen LogP contribution in [0.3, 0.4) is 0 Å². The van der Waals surface area contributed by atoms with Crippen molar-refractivity contribution in [3.63, 3.8) is 0 Å². The Morgan fingerprint density at radius 2 is 1.74 bits per heavy atom. The zero-order valence-corrected chi connectivity index (χ0v) is 25.1. The minimum atomic E-state index is -0.0265. The van der Waals surface area contributed by atoms with Gasteiger partial charge in [-0.15, -0.1) is 12.6 Å². The Labute approximate surface area is 221 Å². The summed E-state index contributed by atoms with van der Waals surface area (Å²) in [6.07, 6.45) is 2.46. The Morgan fingerprint density at radius 3 is 2.11 bits per heavy atom. The van der Waals surface area contributed by atoms with Crippen LogP contribution in [0.1, 0.15) is 59.7 Å². The first-order valence-electron chi connectivity index (χ1n) is 12.3. The van der Waals surface area contributed by atoms with E-state index in [2.05, 4.69) is 52.7 Å². The SMILES string of the molecule is C=CC(=C)N(C)CCNC.C=NC.CC.CC.CC.CCc1cc(-c2ccc(S)o2)c(C)[nH]c1=O. The molecule has 2 rings (SSSR count). The average Bonchev–Trinajstić information content (AvgIpc) is 3.32. The maximum absolute atomic E-state index is 11.6. The number of hydrogen-bond acceptors (Lipinski definition) is 6. The summed E-state index contributed by atoms with van der Waals surface area (Å²) in [5.74, 6) is 0.730. The van der Waals surface area contributed by atoms with E-state index in [0.717, 1.165) is 41.4 Å². The second kappa shape index (κ2) is 27.7. The number of aliphatic imine (C=N–C) groups is 1. The van der Waals surface area contributed by atoms with Crippen LogP contribution >= 0.6 is 12.6 Å². The van der Waals surface area contributed by atoms with Crippen LogP contribution in [0.2, 0.25) is 0 Å². The molecule has 2 aromatic heterocycles. The van der Waals surface area contributed by atoms with Crippen LogP contribution in [0.4, 0.5) is 0 Å². The van der Waals surface area contributed by atoms with E-state index in [-0.39, 0.29) is 5.56 Å². The van der Waals surface area contributed by atoms with Crippen molar-refractivity contribution in [2.45, 2.75) is 66.9 Å². The first kappa shape index (κ1) is 39.7. The smallest absolute Gasteiger partial charge is 0.251 e. The fraction of sp³-hybridized carbons (Fsp3) is 0.500. The number of aryl methyl sites for hydroxylation is 2. The van der Waals surface area contributed by atoms with Gasteiger partial charge in [0.1, 0.15) is 5.76 Å². The summed E-state index contributed by atoms with van der Waals surface area (Å²) in [7, 11) is 5.58. The van der Waals surface area contributed by atoms with Gasteiger partial charge in [-0.05, 0) is 51.4 Å². The number of likely N-dealkylation sites (N-methyl/N-ethyl adjacent to an activating group) is 2. The first-order valence-corrected chi connectivity index (χ1v) is 12.7. The first-order chi connectivity index (χ1) is 16.7. The van der Waals surface area contributed by atoms with Crippen LogP contribution < -0.4 is 10.9 Å². The molecule has 0 spiro atoms. The van der Waals surface area contributed by atoms with Crippen molar-refractivity contribution in [1.82, 2.24) is 15.2 Å². The molecule has 0 saturated heterocycles. The third-order valence-corrected chi connectivity index (χ3v) is 4.22. The molecule has 2 N–H and O–H groups in total. The van der Waals surface area contributed by atoms with Gasteiger partial charge in [-0.25, -0.2) is 0 Å². The molecule has 35 heavy (non-hydrogen) atoms. The summed E-state index contributed by atoms with van der Waals surface area (Å²) in [6, 6.07) is 5.51. The lowest BCUT2D eigenvalue weighted by molar-refractivity contribution is 0.429. The molecule has 6 nitrogen and oxygen atoms in total. The molecule has 0 aliphatic carbocycles. The van der Waals surface area contributed by atoms with Gasteiger partial charge in [-0.3, -0.25) is 4.79 Å². The molecular weight excluding hydrogens is 456 g/mol. The third-order valence-electron chi connectivity index (χ3n) is 3.98. The highest BCUT2D eigenvalue weighted by atomic mass is 32.1. The molecule has 0 aromatic carbocycles. The third kappa shape index (κ3) is 18.5. The predicted octanol–water partition coefficient (Wildman–Crippen LogP) is 7.03. The summed E-state index contributed by atoms with van der Waals surface area (Å²) in [4.78, 5) is 19.7. The molecular formula is C28H52N4O2S. The number of nitrogens with one attached hydrogen (secondary N) is 2. The summed E-state index contributed by atoms with van der Waals surface area (Å²) in [5.41, 5.74) is 3.43. The highest BCUT2D eigenvalue weighted by molar-refractivity contribution is 7.80. The van der Waals surface area contributed by atoms with Crippen LogP contribution in [-0.4, -0.2) is 50.8 Å². The van der Waals surface area contributed by atoms with Gasteiger partial charge < -0.3 is 24.6 Å². The molecule has 0 aliphatic rings. The van der Waals surface area contributed by atoms with Gasteiger partial charge in [0.15, 0.2) is 5.09 Å². The maximum Gasteiger partial charge on any atom is 0.251 e. The Kier molecular flexibility index (Phi) is 31.5. The van der Waals surface area contributed by atoms with Crippen molar-refractivity contribution in [1.29, 1.82) is 0 Å². The van der Waals surface area contributed by atoms with Gasteiger partial charge in [0, 0.05) is 49.7 Å². The molecule has 2 aromatic rings. The van der Waals surface area contributed by atoms with Gasteiger partial charge in [0.2, 0.25) is 0 Å². The minimum Gasteiger partial charge on any atom is -0.450 e. The lowest BCUT2D eigenvalue weighted by Crippen LogP contribution is -2.25. The number of pyridine rings is 1. The minimum absolute atomic E-state index is 0.0265. The molecule has 0 radical (unpaired) electrons. The van der Waals surface area contributed by atoms with E-state index in [0.29, 0.717) is 11.5 Å². The molecule has 202 valence electrons. The molecule has 0 fully saturated rings. The number of H-pyrrole nitrogens is 1. The highest BCUT2D eigenvalue weighted by Crippen LogP contribution is 2.25. The molecule has 2 heterocycles. The Morgan fingerprint density at radius 1 is 1.23 bits per heavy atom. The van der Waals surface area contributed by atoms with Gasteiger partial charge in [0.05, 0.1) is 0 Å². The second-order valence-corrected chi connectivity index (χ2v) is 6.63. The van der Waals surface area contributed by atoms with E-state index < -0.39 is 0 Å². The summed E-state index contributed by atoms with van der Waals surface area (Å²) in [6.45, 7) is 28.3. The van der Waals surface area contributed by atoms with E-state index in [4.69, 9.17) is 4.42 Å². The number of aromatic amines is 1. The summed E-state index contributed by atoms with van der Waals surface area (Å²) < 4.78 is 5.43. The number of furan rings is 1. The van der Waals surface area contributed by atoms with Crippen molar-refractivity contribution >= 4 is 19.3 Å². The van der Waals surface area contributed by atoms with E-state index in [1.54, 1.807) is 19.2 Å². The standard InChI is InChI=1S/C12H13NO2S.C8H16N2.C2H5N.3C2H6/c1-3-8-6-9(7(2)13-12(8)14)10-4-5-11(16)15-10;1-5-8(2)10(4)7-6-9-3;1-3-2;3*1-2/h4-6,16H,3H2,1-2H3,(H,13,14);5,9H,1-2,6-7H2,3-4H3;1H2,2H3;3*1-2H3. The van der Waals surface area contributed by atoms with Crippen LogP contribution in [0, 0.1) is 6.92 Å². The molecule has 0 saturated carbocycles. The van der Waals surface area contributed by atoms with E-state index in [9.17, 15) is 4.79 Å². The van der Waals surface area contributed by atoms with Crippen LogP contribution in [0.25, 0.3) is 11.3 Å². The predicted molar refractivity (Wildman–Crippen MR) is 162 cm³/mol. The zero-order valence-electron chi connectivity index (χ0n) is 24.2. The fourth-order valence-electron chi connectivity index (χ4n) is 2.24. The number of hydrogen-bond donors (Lipinski definition) is 3. The summed E-state index contributed by atoms with van der Waals surface area (Å²) >= 11 is 4.12. The number of allylic oxidation sites excluding steroid dienone is 1. The second-order valence-electron chi connectivity index (χ2n) is 6.19. The molecule has 0 aliphatic heterocycles. The van der Waals surface area contributed by atoms with Crippen LogP contribution in [-0.2, 0) is 6.42 Å². The van der Waals surface area contributed by atoms with Gasteiger partial charge >= 0.3 is 0 Å². The quantitative estimate of drug-likeness (QED) is 0.213. The van der Waals surface area contributed by atoms with E-state index >= 15 is 0 Å². The van der Waals surface area contributed by atoms with E-state index in [1.165, 1.54) is 0 Å². The summed E-state index contributed by atoms with van der Waals surface area (Å²) in [5, 5.41) is 3.63. The maximum atomic E-state index is 11.6. The van der Waals surface area contributed by atoms with Crippen LogP contribution in [0.5, 0.6) is 0 Å². The molecule has 0 amide bonds. The largest absolute Gasteiger partial charge is 0.450 e. The van der Waals surface area contributed by atoms with Crippen molar-refractivity contribution < 1.29 is 4.42 Å². The van der Waals surface area contributed by atoms with Crippen molar-refractivity contribution in [3.05, 3.63) is 64.7 Å². The van der Waals surface area contributed by atoms with Crippen LogP contribution in [0.15, 0.2) is 62.4 Å². The average molecular weight is 509 g/mol. The lowest BCUT2D eigenvalue weighted by atomic mass is 10.1. The topological polar surface area (TPSA) is 73.6 Å². The van der Waals surface area contributed by atoms with Crippen molar-refractivity contribution in [3.8, 4) is 11.3 Å². The number of aromatic nitrogens is 1. The Balaban J connectivity index is -0.000000218. The Bertz CT molecular complexity index is 842. The number of thiol groups is 1. The van der Waals surface area contributed by atoms with Crippen molar-refractivity contribution in [2.24, 2.45) is 4.99 Å².